The number of hydrogen-bond acceptors (Lipinski definition) is 2. The molecule has 0 unspecified atom stereocenters. The normalized spacial score (nSPS) is 23.0. The Morgan fingerprint density at radius 2 is 1.38 bits per heavy atom. The lowest BCUT2D eigenvalue weighted by Crippen LogP contribution is -2.44. The lowest BCUT2D eigenvalue weighted by molar-refractivity contribution is -0.0913. The van der Waals surface area contributed by atoms with E-state index in [1.165, 1.54) is 0 Å². The Morgan fingerprint density at radius 1 is 0.905 bits per heavy atom. The largest absolute Gasteiger partial charge is 0.491 e. The zero-order chi connectivity index (χ0) is 15.9. The molecule has 0 spiro atoms. The molecule has 2 nitrogen and oxygen atoms in total. The highest BCUT2D eigenvalue weighted by Gasteiger charge is 2.47. The van der Waals surface area contributed by atoms with Gasteiger partial charge in [-0.2, -0.15) is 0 Å². The highest BCUT2D eigenvalue weighted by atomic mass is 16.5. The van der Waals surface area contributed by atoms with Crippen LogP contribution in [0.15, 0.2) is 24.3 Å². The monoisotopic (exact) mass is 290 g/mol. The quantitative estimate of drug-likeness (QED) is 0.858. The van der Waals surface area contributed by atoms with Crippen molar-refractivity contribution in [2.24, 2.45) is 10.8 Å². The fourth-order valence-electron chi connectivity index (χ4n) is 4.39. The highest BCUT2D eigenvalue weighted by Crippen LogP contribution is 2.53. The fraction of sp³-hybridized carbons (Fsp3) is 0.684. The van der Waals surface area contributed by atoms with Crippen molar-refractivity contribution in [1.29, 1.82) is 0 Å². The van der Waals surface area contributed by atoms with E-state index in [1.807, 2.05) is 38.1 Å². The molecule has 0 bridgehead atoms. The molecule has 0 heterocycles. The number of rotatable bonds is 3. The van der Waals surface area contributed by atoms with E-state index in [0.717, 1.165) is 30.6 Å². The molecule has 21 heavy (non-hydrogen) atoms. The van der Waals surface area contributed by atoms with E-state index in [0.29, 0.717) is 0 Å². The molecule has 1 aliphatic carbocycles. The predicted octanol–water partition coefficient (Wildman–Crippen LogP) is 4.90. The van der Waals surface area contributed by atoms with E-state index in [2.05, 4.69) is 27.7 Å². The van der Waals surface area contributed by atoms with Crippen molar-refractivity contribution < 1.29 is 9.84 Å². The van der Waals surface area contributed by atoms with Crippen LogP contribution in [0.4, 0.5) is 0 Å². The molecule has 1 N–H and O–H groups in total. The Kier molecular flexibility index (Phi) is 4.14. The fourth-order valence-corrected chi connectivity index (χ4v) is 4.39. The standard InChI is InChI=1S/C19H30O2/c1-14(2)21-16-9-7-15(8-10-16)19(20)12-17(3,4)11-18(5,6)13-19/h7-10,14,20H,11-13H2,1-6H3. The summed E-state index contributed by atoms with van der Waals surface area (Å²) in [6.07, 6.45) is 2.95. The third-order valence-electron chi connectivity index (χ3n) is 4.26. The minimum atomic E-state index is -0.735. The third kappa shape index (κ3) is 4.00. The maximum absolute atomic E-state index is 11.2. The average Bonchev–Trinajstić information content (AvgIpc) is 2.23. The van der Waals surface area contributed by atoms with Crippen LogP contribution in [0.5, 0.6) is 5.75 Å². The summed E-state index contributed by atoms with van der Waals surface area (Å²) in [6.45, 7) is 13.1. The molecule has 0 atom stereocenters. The Morgan fingerprint density at radius 3 is 1.81 bits per heavy atom. The van der Waals surface area contributed by atoms with Crippen molar-refractivity contribution in [3.63, 3.8) is 0 Å². The van der Waals surface area contributed by atoms with Gasteiger partial charge < -0.3 is 9.84 Å². The van der Waals surface area contributed by atoms with E-state index in [1.54, 1.807) is 0 Å². The van der Waals surface area contributed by atoms with Gasteiger partial charge in [-0.1, -0.05) is 39.8 Å². The second kappa shape index (κ2) is 5.31. The second-order valence-corrected chi connectivity index (χ2v) is 8.58. The van der Waals surface area contributed by atoms with E-state index >= 15 is 0 Å². The lowest BCUT2D eigenvalue weighted by atomic mass is 9.58. The zero-order valence-corrected chi connectivity index (χ0v) is 14.4. The first-order chi connectivity index (χ1) is 9.51. The van der Waals surface area contributed by atoms with Gasteiger partial charge in [0.25, 0.3) is 0 Å². The van der Waals surface area contributed by atoms with Crippen molar-refractivity contribution in [3.8, 4) is 5.75 Å². The van der Waals surface area contributed by atoms with Crippen LogP contribution in [0.1, 0.15) is 66.4 Å². The zero-order valence-electron chi connectivity index (χ0n) is 14.4. The Balaban J connectivity index is 2.26. The Labute approximate surface area is 129 Å². The third-order valence-corrected chi connectivity index (χ3v) is 4.26. The SMILES string of the molecule is CC(C)Oc1ccc(C2(O)CC(C)(C)CC(C)(C)C2)cc1. The van der Waals surface area contributed by atoms with Crippen LogP contribution in [0.3, 0.4) is 0 Å². The van der Waals surface area contributed by atoms with E-state index in [9.17, 15) is 5.11 Å². The average molecular weight is 290 g/mol. The van der Waals surface area contributed by atoms with Gasteiger partial charge in [0, 0.05) is 0 Å². The summed E-state index contributed by atoms with van der Waals surface area (Å²) in [7, 11) is 0. The summed E-state index contributed by atoms with van der Waals surface area (Å²) in [6, 6.07) is 7.99. The van der Waals surface area contributed by atoms with E-state index in [4.69, 9.17) is 4.74 Å². The molecular formula is C19H30O2. The number of benzene rings is 1. The van der Waals surface area contributed by atoms with Crippen molar-refractivity contribution >= 4 is 0 Å². The molecule has 2 heteroatoms. The van der Waals surface area contributed by atoms with Crippen LogP contribution in [-0.2, 0) is 5.60 Å². The minimum absolute atomic E-state index is 0.156. The summed E-state index contributed by atoms with van der Waals surface area (Å²) < 4.78 is 5.69. The molecule has 1 aliphatic rings. The van der Waals surface area contributed by atoms with Gasteiger partial charge in [-0.05, 0) is 61.6 Å². The van der Waals surface area contributed by atoms with Gasteiger partial charge in [-0.15, -0.1) is 0 Å². The molecular weight excluding hydrogens is 260 g/mol. The van der Waals surface area contributed by atoms with Gasteiger partial charge in [0.05, 0.1) is 11.7 Å². The Bertz CT molecular complexity index is 467. The van der Waals surface area contributed by atoms with Gasteiger partial charge in [0.1, 0.15) is 5.75 Å². The first kappa shape index (κ1) is 16.4. The molecule has 0 aliphatic heterocycles. The molecule has 1 saturated carbocycles. The van der Waals surface area contributed by atoms with Crippen LogP contribution < -0.4 is 4.74 Å². The van der Waals surface area contributed by atoms with E-state index < -0.39 is 5.60 Å². The minimum Gasteiger partial charge on any atom is -0.491 e. The van der Waals surface area contributed by atoms with Crippen molar-refractivity contribution in [1.82, 2.24) is 0 Å². The maximum atomic E-state index is 11.2. The van der Waals surface area contributed by atoms with Crippen molar-refractivity contribution in [2.75, 3.05) is 0 Å². The summed E-state index contributed by atoms with van der Waals surface area (Å²) in [5.74, 6) is 0.867. The second-order valence-electron chi connectivity index (χ2n) is 8.58. The first-order valence-corrected chi connectivity index (χ1v) is 8.01. The molecule has 118 valence electrons. The van der Waals surface area contributed by atoms with Gasteiger partial charge >= 0.3 is 0 Å². The van der Waals surface area contributed by atoms with Gasteiger partial charge in [0.2, 0.25) is 0 Å². The van der Waals surface area contributed by atoms with Gasteiger partial charge in [-0.25, -0.2) is 0 Å². The molecule has 0 aromatic heterocycles. The molecule has 2 rings (SSSR count). The van der Waals surface area contributed by atoms with Crippen LogP contribution in [0.25, 0.3) is 0 Å². The highest BCUT2D eigenvalue weighted by molar-refractivity contribution is 5.32. The Hall–Kier alpha value is -1.02. The topological polar surface area (TPSA) is 29.5 Å². The summed E-state index contributed by atoms with van der Waals surface area (Å²) >= 11 is 0. The van der Waals surface area contributed by atoms with Crippen LogP contribution in [-0.4, -0.2) is 11.2 Å². The smallest absolute Gasteiger partial charge is 0.119 e. The molecule has 1 aromatic rings. The number of ether oxygens (including phenoxy) is 1. The van der Waals surface area contributed by atoms with Crippen molar-refractivity contribution in [3.05, 3.63) is 29.8 Å². The van der Waals surface area contributed by atoms with Crippen LogP contribution in [0.2, 0.25) is 0 Å². The van der Waals surface area contributed by atoms with E-state index in [-0.39, 0.29) is 16.9 Å². The predicted molar refractivity (Wildman–Crippen MR) is 87.5 cm³/mol. The maximum Gasteiger partial charge on any atom is 0.119 e. The molecule has 1 aromatic carbocycles. The van der Waals surface area contributed by atoms with Gasteiger partial charge in [-0.3, -0.25) is 0 Å². The van der Waals surface area contributed by atoms with Gasteiger partial charge in [0.15, 0.2) is 0 Å². The lowest BCUT2D eigenvalue weighted by Gasteiger charge is -2.49. The van der Waals surface area contributed by atoms with Crippen molar-refractivity contribution in [2.45, 2.75) is 72.5 Å². The summed E-state index contributed by atoms with van der Waals surface area (Å²) in [4.78, 5) is 0. The van der Waals surface area contributed by atoms with Crippen LogP contribution >= 0.6 is 0 Å². The molecule has 0 saturated heterocycles. The summed E-state index contributed by atoms with van der Waals surface area (Å²) in [5, 5.41) is 11.2. The number of aliphatic hydroxyl groups is 1. The van der Waals surface area contributed by atoms with Crippen LogP contribution in [0, 0.1) is 10.8 Å². The summed E-state index contributed by atoms with van der Waals surface area (Å²) in [5.41, 5.74) is 0.592. The first-order valence-electron chi connectivity index (χ1n) is 8.01. The molecule has 1 fully saturated rings. The number of hydrogen-bond donors (Lipinski definition) is 1. The molecule has 0 amide bonds. The molecule has 0 radical (unpaired) electrons.